The van der Waals surface area contributed by atoms with E-state index in [-0.39, 0.29) is 0 Å². The van der Waals surface area contributed by atoms with E-state index < -0.39 is 10.8 Å². The van der Waals surface area contributed by atoms with Crippen molar-refractivity contribution < 1.29 is 4.21 Å². The maximum atomic E-state index is 12.2. The Balaban J connectivity index is 2.21. The number of hydrogen-bond acceptors (Lipinski definition) is 2. The minimum atomic E-state index is -1.18. The summed E-state index contributed by atoms with van der Waals surface area (Å²) in [5.41, 5.74) is 7.28. The van der Waals surface area contributed by atoms with Crippen LogP contribution < -0.4 is 5.73 Å². The molecular formula is C13H11ClINOS. The number of rotatable bonds is 3. The fourth-order valence-corrected chi connectivity index (χ4v) is 3.44. The minimum Gasteiger partial charge on any atom is -0.399 e. The van der Waals surface area contributed by atoms with Gasteiger partial charge >= 0.3 is 0 Å². The standard InChI is InChI=1S/C13H11ClINOS/c14-12-6-5-11(16)7-13(12)18(17)8-9-1-3-10(15)4-2-9/h1-7H,8,16H2. The first-order valence-electron chi connectivity index (χ1n) is 5.24. The van der Waals surface area contributed by atoms with Gasteiger partial charge in [-0.05, 0) is 58.5 Å². The van der Waals surface area contributed by atoms with Crippen LogP contribution >= 0.6 is 34.2 Å². The van der Waals surface area contributed by atoms with Gasteiger partial charge in [-0.3, -0.25) is 4.21 Å². The van der Waals surface area contributed by atoms with Crippen molar-refractivity contribution in [2.75, 3.05) is 5.73 Å². The summed E-state index contributed by atoms with van der Waals surface area (Å²) in [6.07, 6.45) is 0. The molecule has 0 fully saturated rings. The third-order valence-corrected chi connectivity index (χ3v) is 5.00. The third-order valence-electron chi connectivity index (χ3n) is 2.41. The van der Waals surface area contributed by atoms with Gasteiger partial charge in [0.25, 0.3) is 0 Å². The van der Waals surface area contributed by atoms with Crippen molar-refractivity contribution >= 4 is 50.7 Å². The maximum Gasteiger partial charge on any atom is 0.0598 e. The van der Waals surface area contributed by atoms with Crippen molar-refractivity contribution in [2.45, 2.75) is 10.6 Å². The van der Waals surface area contributed by atoms with Gasteiger partial charge in [-0.2, -0.15) is 0 Å². The summed E-state index contributed by atoms with van der Waals surface area (Å²) in [4.78, 5) is 0.593. The lowest BCUT2D eigenvalue weighted by Gasteiger charge is -2.06. The normalized spacial score (nSPS) is 12.3. The van der Waals surface area contributed by atoms with Gasteiger partial charge in [-0.25, -0.2) is 0 Å². The van der Waals surface area contributed by atoms with Crippen LogP contribution in [0.15, 0.2) is 47.4 Å². The molecule has 0 bridgehead atoms. The van der Waals surface area contributed by atoms with E-state index in [0.29, 0.717) is 21.4 Å². The molecule has 0 saturated carbocycles. The first-order chi connectivity index (χ1) is 8.56. The molecule has 94 valence electrons. The summed E-state index contributed by atoms with van der Waals surface area (Å²) in [5, 5.41) is 0.494. The summed E-state index contributed by atoms with van der Waals surface area (Å²) in [7, 11) is -1.18. The Labute approximate surface area is 127 Å². The van der Waals surface area contributed by atoms with Crippen LogP contribution in [0.5, 0.6) is 0 Å². The highest BCUT2D eigenvalue weighted by Gasteiger charge is 2.10. The summed E-state index contributed by atoms with van der Waals surface area (Å²) in [5.74, 6) is 0.445. The van der Waals surface area contributed by atoms with Gasteiger partial charge in [0.05, 0.1) is 26.5 Å². The lowest BCUT2D eigenvalue weighted by molar-refractivity contribution is 0.682. The number of nitrogen functional groups attached to an aromatic ring is 1. The van der Waals surface area contributed by atoms with Crippen LogP contribution in [0.3, 0.4) is 0 Å². The monoisotopic (exact) mass is 391 g/mol. The average Bonchev–Trinajstić information content (AvgIpc) is 2.35. The molecule has 0 heterocycles. The Morgan fingerprint density at radius 3 is 2.50 bits per heavy atom. The zero-order valence-corrected chi connectivity index (χ0v) is 13.1. The van der Waals surface area contributed by atoms with Crippen molar-refractivity contribution in [3.8, 4) is 0 Å². The Hall–Kier alpha value is -0.590. The van der Waals surface area contributed by atoms with Gasteiger partial charge in [0, 0.05) is 9.26 Å². The minimum absolute atomic E-state index is 0.445. The predicted octanol–water partition coefficient (Wildman–Crippen LogP) is 3.83. The zero-order valence-electron chi connectivity index (χ0n) is 9.40. The summed E-state index contributed by atoms with van der Waals surface area (Å²) < 4.78 is 13.4. The second-order valence-corrected chi connectivity index (χ2v) is 6.88. The molecule has 2 aromatic carbocycles. The van der Waals surface area contributed by atoms with Crippen molar-refractivity contribution in [3.05, 3.63) is 56.6 Å². The van der Waals surface area contributed by atoms with Gasteiger partial charge in [0.15, 0.2) is 0 Å². The van der Waals surface area contributed by atoms with E-state index >= 15 is 0 Å². The van der Waals surface area contributed by atoms with Crippen LogP contribution in [0.1, 0.15) is 5.56 Å². The van der Waals surface area contributed by atoms with Crippen molar-refractivity contribution in [2.24, 2.45) is 0 Å². The molecule has 2 N–H and O–H groups in total. The molecule has 0 aliphatic heterocycles. The summed E-state index contributed by atoms with van der Waals surface area (Å²) in [6.45, 7) is 0. The third kappa shape index (κ3) is 3.46. The van der Waals surface area contributed by atoms with E-state index in [9.17, 15) is 4.21 Å². The van der Waals surface area contributed by atoms with Crippen LogP contribution in [-0.2, 0) is 16.6 Å². The smallest absolute Gasteiger partial charge is 0.0598 e. The summed E-state index contributed by atoms with van der Waals surface area (Å²) >= 11 is 8.27. The molecule has 5 heteroatoms. The van der Waals surface area contributed by atoms with Crippen LogP contribution in [0.2, 0.25) is 5.02 Å². The highest BCUT2D eigenvalue weighted by atomic mass is 127. The van der Waals surface area contributed by atoms with Gasteiger partial charge in [0.1, 0.15) is 0 Å². The second-order valence-electron chi connectivity index (χ2n) is 3.81. The molecule has 0 aliphatic carbocycles. The Morgan fingerprint density at radius 2 is 1.83 bits per heavy atom. The topological polar surface area (TPSA) is 43.1 Å². The van der Waals surface area contributed by atoms with E-state index in [0.717, 1.165) is 9.13 Å². The molecule has 0 amide bonds. The van der Waals surface area contributed by atoms with Gasteiger partial charge in [-0.15, -0.1) is 0 Å². The molecule has 1 unspecified atom stereocenters. The molecule has 0 saturated heterocycles. The van der Waals surface area contributed by atoms with E-state index in [1.165, 1.54) is 0 Å². The highest BCUT2D eigenvalue weighted by molar-refractivity contribution is 14.1. The van der Waals surface area contributed by atoms with E-state index in [1.807, 2.05) is 24.3 Å². The zero-order chi connectivity index (χ0) is 13.1. The Kier molecular flexibility index (Phi) is 4.64. The summed E-state index contributed by atoms with van der Waals surface area (Å²) in [6, 6.07) is 13.0. The van der Waals surface area contributed by atoms with Gasteiger partial charge < -0.3 is 5.73 Å². The Bertz CT molecular complexity index is 586. The van der Waals surface area contributed by atoms with Crippen LogP contribution in [0.25, 0.3) is 0 Å². The van der Waals surface area contributed by atoms with Crippen molar-refractivity contribution in [1.82, 2.24) is 0 Å². The van der Waals surface area contributed by atoms with Crippen LogP contribution in [0, 0.1) is 3.57 Å². The SMILES string of the molecule is Nc1ccc(Cl)c(S(=O)Cc2ccc(I)cc2)c1. The fourth-order valence-electron chi connectivity index (χ4n) is 1.50. The first-order valence-corrected chi connectivity index (χ1v) is 8.01. The number of benzene rings is 2. The van der Waals surface area contributed by atoms with E-state index in [2.05, 4.69) is 22.6 Å². The number of anilines is 1. The molecule has 0 spiro atoms. The molecule has 2 nitrogen and oxygen atoms in total. The predicted molar refractivity (Wildman–Crippen MR) is 85.1 cm³/mol. The van der Waals surface area contributed by atoms with Crippen LogP contribution in [-0.4, -0.2) is 4.21 Å². The van der Waals surface area contributed by atoms with Gasteiger partial charge in [-0.1, -0.05) is 23.7 Å². The number of halogens is 2. The average molecular weight is 392 g/mol. The maximum absolute atomic E-state index is 12.2. The van der Waals surface area contributed by atoms with Crippen molar-refractivity contribution in [3.63, 3.8) is 0 Å². The first kappa shape index (κ1) is 13.8. The molecule has 1 atom stereocenters. The van der Waals surface area contributed by atoms with Crippen molar-refractivity contribution in [1.29, 1.82) is 0 Å². The van der Waals surface area contributed by atoms with E-state index in [1.54, 1.807) is 18.2 Å². The lowest BCUT2D eigenvalue weighted by atomic mass is 10.2. The second kappa shape index (κ2) is 6.04. The molecule has 0 aliphatic rings. The molecule has 0 aromatic heterocycles. The number of nitrogens with two attached hydrogens (primary N) is 1. The molecule has 2 aromatic rings. The number of hydrogen-bond donors (Lipinski definition) is 1. The lowest BCUT2D eigenvalue weighted by Crippen LogP contribution is -1.98. The largest absolute Gasteiger partial charge is 0.399 e. The molecule has 2 rings (SSSR count). The quantitative estimate of drug-likeness (QED) is 0.638. The molecule has 18 heavy (non-hydrogen) atoms. The molecular weight excluding hydrogens is 381 g/mol. The Morgan fingerprint density at radius 1 is 1.17 bits per heavy atom. The van der Waals surface area contributed by atoms with Crippen LogP contribution in [0.4, 0.5) is 5.69 Å². The fraction of sp³-hybridized carbons (Fsp3) is 0.0769. The highest BCUT2D eigenvalue weighted by Crippen LogP contribution is 2.24. The van der Waals surface area contributed by atoms with E-state index in [4.69, 9.17) is 17.3 Å². The van der Waals surface area contributed by atoms with Gasteiger partial charge in [0.2, 0.25) is 0 Å². The molecule has 0 radical (unpaired) electrons.